The molecule has 0 aliphatic carbocycles. The van der Waals surface area contributed by atoms with E-state index in [1.54, 1.807) is 6.07 Å². The van der Waals surface area contributed by atoms with Crippen LogP contribution in [0.15, 0.2) is 18.2 Å². The van der Waals surface area contributed by atoms with E-state index >= 15 is 0 Å². The average molecular weight is 270 g/mol. The normalized spacial score (nSPS) is 9.39. The van der Waals surface area contributed by atoms with Crippen LogP contribution in [0.1, 0.15) is 12.0 Å². The summed E-state index contributed by atoms with van der Waals surface area (Å²) in [6.07, 6.45) is 0.0157. The fraction of sp³-hybridized carbons (Fsp3) is 0.182. The number of urea groups is 1. The number of halogens is 2. The Morgan fingerprint density at radius 3 is 2.78 bits per heavy atom. The first-order valence-corrected chi connectivity index (χ1v) is 5.46. The van der Waals surface area contributed by atoms with Gasteiger partial charge in [0.2, 0.25) is 5.91 Å². The zero-order chi connectivity index (χ0) is 13.5. The molecule has 2 N–H and O–H groups in total. The first-order chi connectivity index (χ1) is 8.56. The third-order valence-corrected chi connectivity index (χ3v) is 2.11. The van der Waals surface area contributed by atoms with Gasteiger partial charge in [0.1, 0.15) is 11.9 Å². The van der Waals surface area contributed by atoms with Crippen molar-refractivity contribution in [3.8, 4) is 6.07 Å². The van der Waals surface area contributed by atoms with Crippen molar-refractivity contribution >= 4 is 29.2 Å². The highest BCUT2D eigenvalue weighted by Gasteiger charge is 2.08. The molecular formula is C11H9ClFN3O2. The first-order valence-electron chi connectivity index (χ1n) is 4.93. The molecule has 0 bridgehead atoms. The van der Waals surface area contributed by atoms with Crippen LogP contribution in [0.4, 0.5) is 14.9 Å². The van der Waals surface area contributed by atoms with Gasteiger partial charge in [0.25, 0.3) is 0 Å². The predicted octanol–water partition coefficient (Wildman–Crippen LogP) is 1.97. The summed E-state index contributed by atoms with van der Waals surface area (Å²) in [5, 5.41) is 12.9. The highest BCUT2D eigenvalue weighted by molar-refractivity contribution is 6.19. The van der Waals surface area contributed by atoms with Crippen LogP contribution in [0.3, 0.4) is 0 Å². The molecule has 3 amide bonds. The molecule has 0 saturated carbocycles. The molecule has 1 aromatic rings. The third kappa shape index (κ3) is 4.03. The topological polar surface area (TPSA) is 82.0 Å². The van der Waals surface area contributed by atoms with Gasteiger partial charge in [-0.05, 0) is 18.2 Å². The lowest BCUT2D eigenvalue weighted by atomic mass is 10.2. The second-order valence-corrected chi connectivity index (χ2v) is 3.63. The zero-order valence-electron chi connectivity index (χ0n) is 9.17. The Balaban J connectivity index is 2.65. The van der Waals surface area contributed by atoms with Crippen molar-refractivity contribution in [3.63, 3.8) is 0 Å². The zero-order valence-corrected chi connectivity index (χ0v) is 9.92. The maximum absolute atomic E-state index is 13.0. The number of hydrogen-bond donors (Lipinski definition) is 2. The fourth-order valence-corrected chi connectivity index (χ4v) is 1.30. The summed E-state index contributed by atoms with van der Waals surface area (Å²) >= 11 is 5.33. The van der Waals surface area contributed by atoms with E-state index in [1.165, 1.54) is 12.1 Å². The average Bonchev–Trinajstić information content (AvgIpc) is 2.31. The number of amides is 3. The number of imide groups is 1. The van der Waals surface area contributed by atoms with Crippen molar-refractivity contribution in [1.82, 2.24) is 5.32 Å². The molecule has 0 aliphatic heterocycles. The van der Waals surface area contributed by atoms with Crippen molar-refractivity contribution in [2.45, 2.75) is 6.42 Å². The molecule has 0 unspecified atom stereocenters. The van der Waals surface area contributed by atoms with Crippen molar-refractivity contribution in [2.24, 2.45) is 0 Å². The minimum Gasteiger partial charge on any atom is -0.308 e. The second-order valence-electron chi connectivity index (χ2n) is 3.25. The number of nitrogens with one attached hydrogen (secondary N) is 2. The minimum absolute atomic E-state index is 0.0157. The molecule has 1 aromatic carbocycles. The Morgan fingerprint density at radius 1 is 1.44 bits per heavy atom. The Kier molecular flexibility index (Phi) is 5.08. The van der Waals surface area contributed by atoms with Crippen LogP contribution in [0.5, 0.6) is 0 Å². The molecule has 0 fully saturated rings. The molecule has 0 aromatic heterocycles. The van der Waals surface area contributed by atoms with E-state index in [2.05, 4.69) is 5.32 Å². The highest BCUT2D eigenvalue weighted by Crippen LogP contribution is 2.13. The standard InChI is InChI=1S/C11H9ClFN3O2/c12-4-3-10(17)16-11(18)15-8-1-2-9(13)7(5-8)6-14/h1-2,5H,3-4H2,(H2,15,16,17,18). The molecule has 7 heteroatoms. The second kappa shape index (κ2) is 6.57. The lowest BCUT2D eigenvalue weighted by Crippen LogP contribution is -2.34. The van der Waals surface area contributed by atoms with Gasteiger partial charge in [0.15, 0.2) is 0 Å². The van der Waals surface area contributed by atoms with Crippen molar-refractivity contribution < 1.29 is 14.0 Å². The fourth-order valence-electron chi connectivity index (χ4n) is 1.13. The van der Waals surface area contributed by atoms with E-state index in [1.807, 2.05) is 5.32 Å². The first kappa shape index (κ1) is 13.9. The lowest BCUT2D eigenvalue weighted by Gasteiger charge is -2.06. The largest absolute Gasteiger partial charge is 0.325 e. The van der Waals surface area contributed by atoms with E-state index in [-0.39, 0.29) is 23.6 Å². The number of rotatable bonds is 3. The maximum Gasteiger partial charge on any atom is 0.325 e. The molecule has 0 radical (unpaired) electrons. The number of anilines is 1. The minimum atomic E-state index is -0.763. The molecule has 18 heavy (non-hydrogen) atoms. The molecule has 1 rings (SSSR count). The molecule has 5 nitrogen and oxygen atoms in total. The van der Waals surface area contributed by atoms with Crippen molar-refractivity contribution in [1.29, 1.82) is 5.26 Å². The van der Waals surface area contributed by atoms with Gasteiger partial charge in [-0.3, -0.25) is 10.1 Å². The van der Waals surface area contributed by atoms with Crippen molar-refractivity contribution in [2.75, 3.05) is 11.2 Å². The summed E-state index contributed by atoms with van der Waals surface area (Å²) in [6.45, 7) is 0. The van der Waals surface area contributed by atoms with Crippen LogP contribution in [0.25, 0.3) is 0 Å². The number of alkyl halides is 1. The smallest absolute Gasteiger partial charge is 0.308 e. The van der Waals surface area contributed by atoms with Crippen LogP contribution in [-0.2, 0) is 4.79 Å². The van der Waals surface area contributed by atoms with Crippen LogP contribution in [-0.4, -0.2) is 17.8 Å². The number of carbonyl (C=O) groups is 2. The predicted molar refractivity (Wildman–Crippen MR) is 63.6 cm³/mol. The Morgan fingerprint density at radius 2 is 2.17 bits per heavy atom. The van der Waals surface area contributed by atoms with Gasteiger partial charge in [-0.2, -0.15) is 5.26 Å². The van der Waals surface area contributed by atoms with E-state index in [0.717, 1.165) is 6.07 Å². The van der Waals surface area contributed by atoms with E-state index in [0.29, 0.717) is 0 Å². The van der Waals surface area contributed by atoms with Gasteiger partial charge < -0.3 is 5.32 Å². The van der Waals surface area contributed by atoms with E-state index < -0.39 is 17.8 Å². The van der Waals surface area contributed by atoms with Gasteiger partial charge in [-0.1, -0.05) is 0 Å². The SMILES string of the molecule is N#Cc1cc(NC(=O)NC(=O)CCCl)ccc1F. The molecule has 0 atom stereocenters. The summed E-state index contributed by atoms with van der Waals surface area (Å²) < 4.78 is 13.0. The maximum atomic E-state index is 13.0. The number of hydrogen-bond acceptors (Lipinski definition) is 3. The number of nitrogens with zero attached hydrogens (tertiary/aromatic N) is 1. The van der Waals surface area contributed by atoms with Gasteiger partial charge in [0, 0.05) is 18.0 Å². The molecule has 0 heterocycles. The molecule has 0 saturated heterocycles. The molecule has 0 spiro atoms. The monoisotopic (exact) mass is 269 g/mol. The van der Waals surface area contributed by atoms with Gasteiger partial charge >= 0.3 is 6.03 Å². The van der Waals surface area contributed by atoms with E-state index in [4.69, 9.17) is 16.9 Å². The highest BCUT2D eigenvalue weighted by atomic mass is 35.5. The molecular weight excluding hydrogens is 261 g/mol. The van der Waals surface area contributed by atoms with Crippen LogP contribution >= 0.6 is 11.6 Å². The third-order valence-electron chi connectivity index (χ3n) is 1.92. The Hall–Kier alpha value is -2.13. The van der Waals surface area contributed by atoms with Gasteiger partial charge in [-0.25, -0.2) is 9.18 Å². The van der Waals surface area contributed by atoms with Crippen LogP contribution < -0.4 is 10.6 Å². The summed E-state index contributed by atoms with van der Waals surface area (Å²) in [5.74, 6) is -1.10. The Labute approximate surface area is 108 Å². The summed E-state index contributed by atoms with van der Waals surface area (Å²) in [7, 11) is 0. The molecule has 0 aliphatic rings. The quantitative estimate of drug-likeness (QED) is 0.823. The lowest BCUT2D eigenvalue weighted by molar-refractivity contribution is -0.119. The Bertz CT molecular complexity index is 514. The summed E-state index contributed by atoms with van der Waals surface area (Å²) in [6, 6.07) is 4.37. The summed E-state index contributed by atoms with van der Waals surface area (Å²) in [4.78, 5) is 22.4. The van der Waals surface area contributed by atoms with Crippen molar-refractivity contribution in [3.05, 3.63) is 29.6 Å². The number of carbonyl (C=O) groups excluding carboxylic acids is 2. The summed E-state index contributed by atoms with van der Waals surface area (Å²) in [5.41, 5.74) is 0.0176. The number of nitriles is 1. The van der Waals surface area contributed by atoms with Gasteiger partial charge in [0.05, 0.1) is 5.56 Å². The van der Waals surface area contributed by atoms with E-state index in [9.17, 15) is 14.0 Å². The van der Waals surface area contributed by atoms with Gasteiger partial charge in [-0.15, -0.1) is 11.6 Å². The van der Waals surface area contributed by atoms with Crippen LogP contribution in [0, 0.1) is 17.1 Å². The number of benzene rings is 1. The molecule has 94 valence electrons. The van der Waals surface area contributed by atoms with Crippen LogP contribution in [0.2, 0.25) is 0 Å².